The zero-order valence-electron chi connectivity index (χ0n) is 15.4. The van der Waals surface area contributed by atoms with Crippen molar-refractivity contribution >= 4 is 17.6 Å². The number of H-pyrrole nitrogens is 1. The third kappa shape index (κ3) is 4.48. The number of carbonyl (C=O) groups is 1. The molecule has 11 heteroatoms. The van der Waals surface area contributed by atoms with Crippen molar-refractivity contribution in [3.8, 4) is 0 Å². The Bertz CT molecular complexity index is 869. The minimum absolute atomic E-state index is 0.0211. The summed E-state index contributed by atoms with van der Waals surface area (Å²) >= 11 is 5.81. The first kappa shape index (κ1) is 20.0. The van der Waals surface area contributed by atoms with Gasteiger partial charge in [0, 0.05) is 49.7 Å². The molecule has 1 aromatic heterocycles. The first-order valence-electron chi connectivity index (χ1n) is 9.29. The van der Waals surface area contributed by atoms with E-state index in [-0.39, 0.29) is 29.6 Å². The van der Waals surface area contributed by atoms with E-state index in [4.69, 9.17) is 11.6 Å². The number of likely N-dealkylation sites (tertiary alicyclic amines) is 2. The monoisotopic (exact) mass is 428 g/mol. The summed E-state index contributed by atoms with van der Waals surface area (Å²) < 4.78 is 38.7. The molecule has 156 valence electrons. The first-order valence-corrected chi connectivity index (χ1v) is 9.66. The Labute approximate surface area is 170 Å². The summed E-state index contributed by atoms with van der Waals surface area (Å²) in [6.07, 6.45) is -2.13. The van der Waals surface area contributed by atoms with Crippen molar-refractivity contribution in [3.63, 3.8) is 0 Å². The van der Waals surface area contributed by atoms with Crippen LogP contribution in [0, 0.1) is 0 Å². The number of carbonyl (C=O) groups excluding carboxylic acids is 1. The minimum Gasteiger partial charge on any atom is -0.324 e. The molecule has 2 amide bonds. The molecule has 2 aliphatic heterocycles. The highest BCUT2D eigenvalue weighted by molar-refractivity contribution is 6.30. The Morgan fingerprint density at radius 3 is 2.72 bits per heavy atom. The van der Waals surface area contributed by atoms with Crippen molar-refractivity contribution in [1.82, 2.24) is 30.3 Å². The highest BCUT2D eigenvalue weighted by Gasteiger charge is 2.37. The molecule has 2 aromatic rings. The van der Waals surface area contributed by atoms with E-state index in [2.05, 4.69) is 20.5 Å². The smallest absolute Gasteiger partial charge is 0.324 e. The van der Waals surface area contributed by atoms with Crippen molar-refractivity contribution in [2.75, 3.05) is 26.2 Å². The lowest BCUT2D eigenvalue weighted by atomic mass is 10.1. The molecule has 3 heterocycles. The lowest BCUT2D eigenvalue weighted by Gasteiger charge is -2.41. The van der Waals surface area contributed by atoms with E-state index in [1.807, 2.05) is 0 Å². The van der Waals surface area contributed by atoms with Crippen molar-refractivity contribution < 1.29 is 18.0 Å². The van der Waals surface area contributed by atoms with Gasteiger partial charge in [-0.2, -0.15) is 18.3 Å². The van der Waals surface area contributed by atoms with Crippen LogP contribution in [0.5, 0.6) is 0 Å². The molecule has 2 N–H and O–H groups in total. The molecule has 4 rings (SSSR count). The number of nitrogens with one attached hydrogen (secondary N) is 2. The van der Waals surface area contributed by atoms with Crippen LogP contribution < -0.4 is 5.32 Å². The van der Waals surface area contributed by atoms with Gasteiger partial charge in [0.15, 0.2) is 0 Å². The normalized spacial score (nSPS) is 20.2. The molecule has 1 atom stereocenters. The standard InChI is InChI=1S/C18H20ClF3N6O/c19-14-4-11(3-13(5-14)18(20,21)22)6-23-15-8-28(9-15)17(29)27-2-1-12(7-27)16-24-10-25-26-16/h3-5,10,12,15,23H,1-2,6-9H2,(H,24,25,26)/t12-/m0/s1. The van der Waals surface area contributed by atoms with Gasteiger partial charge in [0.05, 0.1) is 5.56 Å². The van der Waals surface area contributed by atoms with Gasteiger partial charge in [0.2, 0.25) is 0 Å². The third-order valence-electron chi connectivity index (χ3n) is 5.31. The number of rotatable bonds is 4. The second kappa shape index (κ2) is 7.83. The van der Waals surface area contributed by atoms with Gasteiger partial charge >= 0.3 is 12.2 Å². The van der Waals surface area contributed by atoms with Crippen molar-refractivity contribution in [2.24, 2.45) is 0 Å². The third-order valence-corrected chi connectivity index (χ3v) is 5.53. The molecule has 29 heavy (non-hydrogen) atoms. The van der Waals surface area contributed by atoms with Crippen LogP contribution in [0.25, 0.3) is 0 Å². The molecule has 7 nitrogen and oxygen atoms in total. The number of hydrogen-bond donors (Lipinski definition) is 2. The number of aromatic amines is 1. The summed E-state index contributed by atoms with van der Waals surface area (Å²) in [6, 6.07) is 3.54. The highest BCUT2D eigenvalue weighted by Crippen LogP contribution is 2.32. The van der Waals surface area contributed by atoms with Gasteiger partial charge in [-0.25, -0.2) is 9.78 Å². The number of hydrogen-bond acceptors (Lipinski definition) is 4. The number of amides is 2. The lowest BCUT2D eigenvalue weighted by molar-refractivity contribution is -0.137. The molecule has 0 spiro atoms. The van der Waals surface area contributed by atoms with Gasteiger partial charge < -0.3 is 15.1 Å². The van der Waals surface area contributed by atoms with Crippen LogP contribution in [0.3, 0.4) is 0 Å². The number of urea groups is 1. The fourth-order valence-electron chi connectivity index (χ4n) is 3.71. The summed E-state index contributed by atoms with van der Waals surface area (Å²) in [7, 11) is 0. The quantitative estimate of drug-likeness (QED) is 0.785. The van der Waals surface area contributed by atoms with E-state index < -0.39 is 11.7 Å². The van der Waals surface area contributed by atoms with Gasteiger partial charge in [0.1, 0.15) is 12.2 Å². The maximum absolute atomic E-state index is 12.9. The molecule has 0 saturated carbocycles. The minimum atomic E-state index is -4.43. The van der Waals surface area contributed by atoms with Gasteiger partial charge in [0.25, 0.3) is 0 Å². The topological polar surface area (TPSA) is 77.2 Å². The van der Waals surface area contributed by atoms with E-state index in [0.717, 1.165) is 24.4 Å². The van der Waals surface area contributed by atoms with Gasteiger partial charge in [-0.3, -0.25) is 5.10 Å². The summed E-state index contributed by atoms with van der Waals surface area (Å²) in [6.45, 7) is 2.57. The van der Waals surface area contributed by atoms with Crippen LogP contribution >= 0.6 is 11.6 Å². The summed E-state index contributed by atoms with van der Waals surface area (Å²) in [5.41, 5.74) is -0.299. The van der Waals surface area contributed by atoms with E-state index in [1.165, 1.54) is 12.4 Å². The van der Waals surface area contributed by atoms with E-state index in [9.17, 15) is 18.0 Å². The molecule has 0 unspecified atom stereocenters. The van der Waals surface area contributed by atoms with Gasteiger partial charge in [-0.05, 0) is 30.2 Å². The molecule has 1 aromatic carbocycles. The Balaban J connectivity index is 1.25. The number of benzene rings is 1. The number of alkyl halides is 3. The average Bonchev–Trinajstić information content (AvgIpc) is 3.30. The van der Waals surface area contributed by atoms with Crippen LogP contribution in [-0.4, -0.2) is 63.2 Å². The molecule has 2 fully saturated rings. The van der Waals surface area contributed by atoms with Crippen LogP contribution in [0.4, 0.5) is 18.0 Å². The maximum Gasteiger partial charge on any atom is 0.416 e. The molecule has 0 bridgehead atoms. The number of nitrogens with zero attached hydrogens (tertiary/aromatic N) is 4. The van der Waals surface area contributed by atoms with Crippen LogP contribution in [0.2, 0.25) is 5.02 Å². The fourth-order valence-corrected chi connectivity index (χ4v) is 3.97. The van der Waals surface area contributed by atoms with Crippen molar-refractivity contribution in [1.29, 1.82) is 0 Å². The molecule has 2 saturated heterocycles. The zero-order chi connectivity index (χ0) is 20.6. The lowest BCUT2D eigenvalue weighted by Crippen LogP contribution is -2.62. The zero-order valence-corrected chi connectivity index (χ0v) is 16.2. The number of aromatic nitrogens is 3. The average molecular weight is 429 g/mol. The van der Waals surface area contributed by atoms with Crippen LogP contribution in [0.1, 0.15) is 29.3 Å². The van der Waals surface area contributed by atoms with E-state index >= 15 is 0 Å². The van der Waals surface area contributed by atoms with E-state index in [1.54, 1.807) is 9.80 Å². The summed E-state index contributed by atoms with van der Waals surface area (Å²) in [5.74, 6) is 0.963. The second-order valence-electron chi connectivity index (χ2n) is 7.41. The molecular formula is C18H20ClF3N6O. The van der Waals surface area contributed by atoms with Crippen LogP contribution in [-0.2, 0) is 12.7 Å². The van der Waals surface area contributed by atoms with Gasteiger partial charge in [-0.15, -0.1) is 0 Å². The largest absolute Gasteiger partial charge is 0.416 e. The Morgan fingerprint density at radius 2 is 2.03 bits per heavy atom. The molecule has 0 aliphatic carbocycles. The first-order chi connectivity index (χ1) is 13.8. The predicted molar refractivity (Wildman–Crippen MR) is 99.4 cm³/mol. The van der Waals surface area contributed by atoms with Crippen molar-refractivity contribution in [3.05, 3.63) is 46.5 Å². The van der Waals surface area contributed by atoms with Crippen LogP contribution in [0.15, 0.2) is 24.5 Å². The van der Waals surface area contributed by atoms with Gasteiger partial charge in [-0.1, -0.05) is 11.6 Å². The summed E-state index contributed by atoms with van der Waals surface area (Å²) in [5, 5.41) is 9.94. The molecular weight excluding hydrogens is 409 g/mol. The number of halogens is 4. The van der Waals surface area contributed by atoms with Crippen molar-refractivity contribution in [2.45, 2.75) is 31.1 Å². The molecule has 0 radical (unpaired) electrons. The molecule has 2 aliphatic rings. The fraction of sp³-hybridized carbons (Fsp3) is 0.500. The Morgan fingerprint density at radius 1 is 1.24 bits per heavy atom. The maximum atomic E-state index is 12.9. The SMILES string of the molecule is O=C(N1CC(NCc2cc(Cl)cc(C(F)(F)F)c2)C1)N1CC[C@H](c2ncn[nH]2)C1. The second-order valence-corrected chi connectivity index (χ2v) is 7.85. The summed E-state index contributed by atoms with van der Waals surface area (Å²) in [4.78, 5) is 20.3. The Hall–Kier alpha value is -2.33. The predicted octanol–water partition coefficient (Wildman–Crippen LogP) is 2.86. The highest BCUT2D eigenvalue weighted by atomic mass is 35.5. The van der Waals surface area contributed by atoms with E-state index in [0.29, 0.717) is 31.7 Å². The Kier molecular flexibility index (Phi) is 5.39.